The zero-order valence-corrected chi connectivity index (χ0v) is 13.4. The summed E-state index contributed by atoms with van der Waals surface area (Å²) in [6, 6.07) is 7.27. The van der Waals surface area contributed by atoms with Gasteiger partial charge in [-0.15, -0.1) is 0 Å². The second-order valence-electron chi connectivity index (χ2n) is 6.10. The zero-order chi connectivity index (χ0) is 16.8. The quantitative estimate of drug-likeness (QED) is 0.642. The number of aliphatic hydroxyl groups is 1. The van der Waals surface area contributed by atoms with Crippen LogP contribution in [0.5, 0.6) is 5.75 Å². The summed E-state index contributed by atoms with van der Waals surface area (Å²) >= 11 is 0. The smallest absolute Gasteiger partial charge is 0.339 e. The number of hydrogen-bond donors (Lipinski definition) is 3. The van der Waals surface area contributed by atoms with E-state index >= 15 is 0 Å². The SMILES string of the molecule is CC(C)(C)OC(=O)C(O)COc1ccc(C(CN)CN)cc1. The number of aliphatic hydroxyl groups excluding tert-OH is 1. The van der Waals surface area contributed by atoms with E-state index in [0.29, 0.717) is 18.8 Å². The monoisotopic (exact) mass is 310 g/mol. The second kappa shape index (κ2) is 8.12. The van der Waals surface area contributed by atoms with Crippen LogP contribution in [0.2, 0.25) is 0 Å². The Hall–Kier alpha value is -1.63. The van der Waals surface area contributed by atoms with Crippen molar-refractivity contribution in [3.05, 3.63) is 29.8 Å². The predicted octanol–water partition coefficient (Wildman–Crippen LogP) is 0.769. The minimum absolute atomic E-state index is 0.112. The topological polar surface area (TPSA) is 108 Å². The number of carbonyl (C=O) groups is 1. The molecular weight excluding hydrogens is 284 g/mol. The van der Waals surface area contributed by atoms with Gasteiger partial charge in [0, 0.05) is 19.0 Å². The van der Waals surface area contributed by atoms with Crippen molar-refractivity contribution in [3.8, 4) is 5.75 Å². The Morgan fingerprint density at radius 3 is 2.18 bits per heavy atom. The van der Waals surface area contributed by atoms with Crippen LogP contribution in [0.1, 0.15) is 32.3 Å². The van der Waals surface area contributed by atoms with Crippen molar-refractivity contribution < 1.29 is 19.4 Å². The van der Waals surface area contributed by atoms with Gasteiger partial charge in [-0.2, -0.15) is 0 Å². The Balaban J connectivity index is 2.53. The van der Waals surface area contributed by atoms with E-state index in [1.807, 2.05) is 12.1 Å². The van der Waals surface area contributed by atoms with Crippen molar-refractivity contribution in [2.75, 3.05) is 19.7 Å². The Bertz CT molecular complexity index is 464. The molecule has 0 radical (unpaired) electrons. The Kier molecular flexibility index (Phi) is 6.80. The highest BCUT2D eigenvalue weighted by Gasteiger charge is 2.23. The van der Waals surface area contributed by atoms with Gasteiger partial charge in [-0.3, -0.25) is 0 Å². The molecule has 0 fully saturated rings. The molecule has 0 saturated heterocycles. The van der Waals surface area contributed by atoms with Crippen molar-refractivity contribution in [2.24, 2.45) is 11.5 Å². The normalized spacial score (nSPS) is 13.0. The fraction of sp³-hybridized carbons (Fsp3) is 0.562. The third-order valence-electron chi connectivity index (χ3n) is 3.01. The van der Waals surface area contributed by atoms with Crippen molar-refractivity contribution >= 4 is 5.97 Å². The lowest BCUT2D eigenvalue weighted by Gasteiger charge is -2.21. The van der Waals surface area contributed by atoms with Crippen LogP contribution in [-0.4, -0.2) is 42.5 Å². The third kappa shape index (κ3) is 6.01. The molecule has 0 saturated carbocycles. The molecule has 22 heavy (non-hydrogen) atoms. The molecule has 124 valence electrons. The van der Waals surface area contributed by atoms with Crippen molar-refractivity contribution in [1.82, 2.24) is 0 Å². The Morgan fingerprint density at radius 1 is 1.18 bits per heavy atom. The van der Waals surface area contributed by atoms with Crippen LogP contribution in [0, 0.1) is 0 Å². The number of benzene rings is 1. The van der Waals surface area contributed by atoms with E-state index in [9.17, 15) is 9.90 Å². The van der Waals surface area contributed by atoms with Crippen LogP contribution in [0.3, 0.4) is 0 Å². The van der Waals surface area contributed by atoms with E-state index in [1.54, 1.807) is 32.9 Å². The molecule has 1 atom stereocenters. The highest BCUT2D eigenvalue weighted by atomic mass is 16.6. The number of carbonyl (C=O) groups excluding carboxylic acids is 1. The fourth-order valence-electron chi connectivity index (χ4n) is 1.82. The van der Waals surface area contributed by atoms with E-state index in [-0.39, 0.29) is 12.5 Å². The molecule has 5 N–H and O–H groups in total. The largest absolute Gasteiger partial charge is 0.490 e. The first-order valence-electron chi connectivity index (χ1n) is 7.30. The van der Waals surface area contributed by atoms with Crippen LogP contribution >= 0.6 is 0 Å². The predicted molar refractivity (Wildman–Crippen MR) is 84.6 cm³/mol. The van der Waals surface area contributed by atoms with Gasteiger partial charge >= 0.3 is 5.97 Å². The molecule has 6 nitrogen and oxygen atoms in total. The maximum Gasteiger partial charge on any atom is 0.339 e. The van der Waals surface area contributed by atoms with Gasteiger partial charge in [0.05, 0.1) is 0 Å². The maximum atomic E-state index is 11.6. The van der Waals surface area contributed by atoms with E-state index in [4.69, 9.17) is 20.9 Å². The van der Waals surface area contributed by atoms with Gasteiger partial charge in [0.25, 0.3) is 0 Å². The zero-order valence-electron chi connectivity index (χ0n) is 13.4. The van der Waals surface area contributed by atoms with Gasteiger partial charge in [-0.1, -0.05) is 12.1 Å². The van der Waals surface area contributed by atoms with E-state index in [1.165, 1.54) is 0 Å². The van der Waals surface area contributed by atoms with Crippen LogP contribution < -0.4 is 16.2 Å². The van der Waals surface area contributed by atoms with Crippen LogP contribution in [-0.2, 0) is 9.53 Å². The van der Waals surface area contributed by atoms with Gasteiger partial charge in [-0.05, 0) is 38.5 Å². The van der Waals surface area contributed by atoms with Crippen molar-refractivity contribution in [3.63, 3.8) is 0 Å². The summed E-state index contributed by atoms with van der Waals surface area (Å²) in [5.41, 5.74) is 11.7. The molecule has 0 spiro atoms. The van der Waals surface area contributed by atoms with Crippen molar-refractivity contribution in [1.29, 1.82) is 0 Å². The molecule has 0 heterocycles. The number of ether oxygens (including phenoxy) is 2. The highest BCUT2D eigenvalue weighted by molar-refractivity contribution is 5.74. The summed E-state index contributed by atoms with van der Waals surface area (Å²) in [4.78, 5) is 11.6. The summed E-state index contributed by atoms with van der Waals surface area (Å²) in [7, 11) is 0. The lowest BCUT2D eigenvalue weighted by atomic mass is 9.99. The third-order valence-corrected chi connectivity index (χ3v) is 3.01. The van der Waals surface area contributed by atoms with E-state index in [2.05, 4.69) is 0 Å². The van der Waals surface area contributed by atoms with E-state index in [0.717, 1.165) is 5.56 Å². The number of hydrogen-bond acceptors (Lipinski definition) is 6. The molecule has 0 amide bonds. The standard InChI is InChI=1S/C16H26N2O4/c1-16(2,3)22-15(20)14(19)10-21-13-6-4-11(5-7-13)12(8-17)9-18/h4-7,12,14,19H,8-10,17-18H2,1-3H3. The molecule has 0 aliphatic heterocycles. The number of esters is 1. The molecular formula is C16H26N2O4. The average molecular weight is 310 g/mol. The molecule has 6 heteroatoms. The van der Waals surface area contributed by atoms with Crippen molar-refractivity contribution in [2.45, 2.75) is 38.4 Å². The molecule has 0 bridgehead atoms. The first kappa shape index (κ1) is 18.4. The van der Waals surface area contributed by atoms with Gasteiger partial charge in [0.15, 0.2) is 6.10 Å². The maximum absolute atomic E-state index is 11.6. The van der Waals surface area contributed by atoms with Gasteiger partial charge in [0.2, 0.25) is 0 Å². The van der Waals surface area contributed by atoms with Crippen LogP contribution in [0.25, 0.3) is 0 Å². The second-order valence-corrected chi connectivity index (χ2v) is 6.10. The Labute approximate surface area is 131 Å². The summed E-state index contributed by atoms with van der Waals surface area (Å²) in [5.74, 6) is -0.0315. The lowest BCUT2D eigenvalue weighted by molar-refractivity contribution is -0.166. The number of nitrogens with two attached hydrogens (primary N) is 2. The lowest BCUT2D eigenvalue weighted by Crippen LogP contribution is -2.35. The summed E-state index contributed by atoms with van der Waals surface area (Å²) in [6.07, 6.45) is -1.32. The molecule has 0 aromatic heterocycles. The van der Waals surface area contributed by atoms with Gasteiger partial charge < -0.3 is 26.0 Å². The van der Waals surface area contributed by atoms with Crippen LogP contribution in [0.4, 0.5) is 0 Å². The molecule has 0 aliphatic carbocycles. The average Bonchev–Trinajstić information content (AvgIpc) is 2.45. The van der Waals surface area contributed by atoms with Crippen LogP contribution in [0.15, 0.2) is 24.3 Å². The van der Waals surface area contributed by atoms with Gasteiger partial charge in [0.1, 0.15) is 18.0 Å². The molecule has 1 unspecified atom stereocenters. The fourth-order valence-corrected chi connectivity index (χ4v) is 1.82. The molecule has 1 rings (SSSR count). The van der Waals surface area contributed by atoms with E-state index < -0.39 is 17.7 Å². The summed E-state index contributed by atoms with van der Waals surface area (Å²) in [5, 5.41) is 9.73. The highest BCUT2D eigenvalue weighted by Crippen LogP contribution is 2.18. The first-order chi connectivity index (χ1) is 10.3. The minimum Gasteiger partial charge on any atom is -0.490 e. The molecule has 1 aromatic carbocycles. The summed E-state index contributed by atoms with van der Waals surface area (Å²) in [6.45, 7) is 6.01. The first-order valence-corrected chi connectivity index (χ1v) is 7.30. The molecule has 0 aliphatic rings. The number of rotatable bonds is 7. The Morgan fingerprint density at radius 2 is 1.73 bits per heavy atom. The minimum atomic E-state index is -1.32. The molecule has 1 aromatic rings. The summed E-state index contributed by atoms with van der Waals surface area (Å²) < 4.78 is 10.5. The van der Waals surface area contributed by atoms with Gasteiger partial charge in [-0.25, -0.2) is 4.79 Å².